The summed E-state index contributed by atoms with van der Waals surface area (Å²) in [6.45, 7) is 6.10. The number of amides is 1. The van der Waals surface area contributed by atoms with Crippen LogP contribution in [0.4, 0.5) is 5.69 Å². The van der Waals surface area contributed by atoms with Crippen molar-refractivity contribution in [2.75, 3.05) is 5.32 Å². The van der Waals surface area contributed by atoms with Gasteiger partial charge >= 0.3 is 0 Å². The molecule has 2 aromatic carbocycles. The van der Waals surface area contributed by atoms with E-state index in [2.05, 4.69) is 10.6 Å². The molecule has 3 heteroatoms. The molecule has 2 rings (SSSR count). The predicted octanol–water partition coefficient (Wildman–Crippen LogP) is 3.67. The number of hydrogen-bond acceptors (Lipinski definition) is 2. The van der Waals surface area contributed by atoms with Gasteiger partial charge in [0.25, 0.3) is 0 Å². The minimum absolute atomic E-state index is 0.0428. The Labute approximate surface area is 126 Å². The van der Waals surface area contributed by atoms with E-state index in [1.54, 1.807) is 0 Å². The summed E-state index contributed by atoms with van der Waals surface area (Å²) in [7, 11) is 0. The lowest BCUT2D eigenvalue weighted by molar-refractivity contribution is -0.118. The van der Waals surface area contributed by atoms with Gasteiger partial charge in [0.1, 0.15) is 6.04 Å². The molecule has 1 amide bonds. The van der Waals surface area contributed by atoms with Crippen molar-refractivity contribution in [3.05, 3.63) is 65.7 Å². The number of carbonyl (C=O) groups is 1. The third-order valence-electron chi connectivity index (χ3n) is 3.21. The van der Waals surface area contributed by atoms with Crippen molar-refractivity contribution in [1.82, 2.24) is 5.32 Å². The second kappa shape index (κ2) is 7.04. The molecule has 0 radical (unpaired) electrons. The van der Waals surface area contributed by atoms with Crippen molar-refractivity contribution in [2.45, 2.75) is 32.9 Å². The molecule has 110 valence electrons. The molecule has 0 fully saturated rings. The average Bonchev–Trinajstić information content (AvgIpc) is 2.48. The van der Waals surface area contributed by atoms with Crippen molar-refractivity contribution >= 4 is 11.6 Å². The van der Waals surface area contributed by atoms with E-state index >= 15 is 0 Å². The van der Waals surface area contributed by atoms with E-state index in [-0.39, 0.29) is 18.0 Å². The molecule has 2 aromatic rings. The van der Waals surface area contributed by atoms with Gasteiger partial charge in [-0.2, -0.15) is 0 Å². The van der Waals surface area contributed by atoms with Crippen LogP contribution in [0, 0.1) is 6.92 Å². The smallest absolute Gasteiger partial charge is 0.246 e. The normalized spacial score (nSPS) is 12.2. The van der Waals surface area contributed by atoms with Gasteiger partial charge in [0.15, 0.2) is 0 Å². The SMILES string of the molecule is Cc1ccc(NC(=O)[C@@H](NC(C)C)c2ccccc2)cc1. The molecular weight excluding hydrogens is 260 g/mol. The Hall–Kier alpha value is -2.13. The second-order valence-corrected chi connectivity index (χ2v) is 5.52. The lowest BCUT2D eigenvalue weighted by Gasteiger charge is -2.21. The van der Waals surface area contributed by atoms with Gasteiger partial charge in [-0.3, -0.25) is 10.1 Å². The zero-order valence-corrected chi connectivity index (χ0v) is 12.8. The largest absolute Gasteiger partial charge is 0.324 e. The first kappa shape index (κ1) is 15.3. The minimum atomic E-state index is -0.354. The fourth-order valence-electron chi connectivity index (χ4n) is 2.15. The second-order valence-electron chi connectivity index (χ2n) is 5.52. The summed E-state index contributed by atoms with van der Waals surface area (Å²) in [5.41, 5.74) is 2.96. The van der Waals surface area contributed by atoms with Crippen LogP contribution in [-0.2, 0) is 4.79 Å². The fraction of sp³-hybridized carbons (Fsp3) is 0.278. The number of benzene rings is 2. The molecule has 0 bridgehead atoms. The van der Waals surface area contributed by atoms with Crippen molar-refractivity contribution in [3.8, 4) is 0 Å². The lowest BCUT2D eigenvalue weighted by Crippen LogP contribution is -2.36. The first-order valence-electron chi connectivity index (χ1n) is 7.25. The molecule has 2 N–H and O–H groups in total. The monoisotopic (exact) mass is 282 g/mol. The van der Waals surface area contributed by atoms with Crippen molar-refractivity contribution < 1.29 is 4.79 Å². The zero-order chi connectivity index (χ0) is 15.2. The van der Waals surface area contributed by atoms with Crippen LogP contribution in [0.15, 0.2) is 54.6 Å². The highest BCUT2D eigenvalue weighted by molar-refractivity contribution is 5.95. The van der Waals surface area contributed by atoms with Crippen LogP contribution in [0.25, 0.3) is 0 Å². The van der Waals surface area contributed by atoms with Gasteiger partial charge in [0.05, 0.1) is 0 Å². The van der Waals surface area contributed by atoms with E-state index in [0.717, 1.165) is 11.3 Å². The van der Waals surface area contributed by atoms with E-state index in [1.165, 1.54) is 5.56 Å². The summed E-state index contributed by atoms with van der Waals surface area (Å²) in [5, 5.41) is 6.29. The van der Waals surface area contributed by atoms with Crippen LogP contribution in [-0.4, -0.2) is 11.9 Å². The minimum Gasteiger partial charge on any atom is -0.324 e. The maximum absolute atomic E-state index is 12.6. The number of aryl methyl sites for hydroxylation is 1. The number of nitrogens with one attached hydrogen (secondary N) is 2. The van der Waals surface area contributed by atoms with Gasteiger partial charge < -0.3 is 5.32 Å². The maximum Gasteiger partial charge on any atom is 0.246 e. The van der Waals surface area contributed by atoms with E-state index in [4.69, 9.17) is 0 Å². The highest BCUT2D eigenvalue weighted by Crippen LogP contribution is 2.17. The molecule has 0 saturated heterocycles. The van der Waals surface area contributed by atoms with Gasteiger partial charge in [-0.1, -0.05) is 48.0 Å². The highest BCUT2D eigenvalue weighted by Gasteiger charge is 2.20. The Kier molecular flexibility index (Phi) is 5.12. The van der Waals surface area contributed by atoms with Crippen LogP contribution in [0.3, 0.4) is 0 Å². The Bertz CT molecular complexity index is 576. The molecule has 0 aliphatic heterocycles. The first-order valence-corrected chi connectivity index (χ1v) is 7.25. The summed E-state index contributed by atoms with van der Waals surface area (Å²) in [5.74, 6) is -0.0428. The molecule has 1 atom stereocenters. The summed E-state index contributed by atoms with van der Waals surface area (Å²) >= 11 is 0. The Morgan fingerprint density at radius 1 is 0.952 bits per heavy atom. The number of hydrogen-bond donors (Lipinski definition) is 2. The van der Waals surface area contributed by atoms with Crippen LogP contribution >= 0.6 is 0 Å². The zero-order valence-electron chi connectivity index (χ0n) is 12.8. The van der Waals surface area contributed by atoms with Gasteiger partial charge in [0.2, 0.25) is 5.91 Å². The number of rotatable bonds is 5. The van der Waals surface area contributed by atoms with Crippen molar-refractivity contribution in [3.63, 3.8) is 0 Å². The molecule has 0 saturated carbocycles. The van der Waals surface area contributed by atoms with E-state index in [0.29, 0.717) is 0 Å². The molecule has 21 heavy (non-hydrogen) atoms. The third kappa shape index (κ3) is 4.43. The summed E-state index contributed by atoms with van der Waals surface area (Å²) in [4.78, 5) is 12.6. The Balaban J connectivity index is 2.16. The summed E-state index contributed by atoms with van der Waals surface area (Å²) in [6, 6.07) is 17.5. The van der Waals surface area contributed by atoms with E-state index in [1.807, 2.05) is 75.4 Å². The maximum atomic E-state index is 12.6. The van der Waals surface area contributed by atoms with Crippen LogP contribution in [0.1, 0.15) is 31.0 Å². The molecule has 3 nitrogen and oxygen atoms in total. The quantitative estimate of drug-likeness (QED) is 0.878. The number of carbonyl (C=O) groups excluding carboxylic acids is 1. The van der Waals surface area contributed by atoms with Gasteiger partial charge in [-0.05, 0) is 38.5 Å². The van der Waals surface area contributed by atoms with Gasteiger partial charge in [0, 0.05) is 11.7 Å². The van der Waals surface area contributed by atoms with Crippen LogP contribution in [0.5, 0.6) is 0 Å². The summed E-state index contributed by atoms with van der Waals surface area (Å²) in [6.07, 6.45) is 0. The highest BCUT2D eigenvalue weighted by atomic mass is 16.2. The van der Waals surface area contributed by atoms with Crippen molar-refractivity contribution in [2.24, 2.45) is 0 Å². The van der Waals surface area contributed by atoms with Crippen LogP contribution in [0.2, 0.25) is 0 Å². The molecule has 0 spiro atoms. The van der Waals surface area contributed by atoms with E-state index in [9.17, 15) is 4.79 Å². The van der Waals surface area contributed by atoms with Crippen molar-refractivity contribution in [1.29, 1.82) is 0 Å². The first-order chi connectivity index (χ1) is 10.1. The summed E-state index contributed by atoms with van der Waals surface area (Å²) < 4.78 is 0. The third-order valence-corrected chi connectivity index (χ3v) is 3.21. The van der Waals surface area contributed by atoms with Gasteiger partial charge in [-0.15, -0.1) is 0 Å². The molecule has 0 unspecified atom stereocenters. The molecule has 0 aliphatic carbocycles. The predicted molar refractivity (Wildman–Crippen MR) is 87.3 cm³/mol. The van der Waals surface area contributed by atoms with E-state index < -0.39 is 0 Å². The average molecular weight is 282 g/mol. The van der Waals surface area contributed by atoms with Crippen LogP contribution < -0.4 is 10.6 Å². The van der Waals surface area contributed by atoms with Gasteiger partial charge in [-0.25, -0.2) is 0 Å². The molecule has 0 aliphatic rings. The fourth-order valence-corrected chi connectivity index (χ4v) is 2.15. The molecule has 0 heterocycles. The lowest BCUT2D eigenvalue weighted by atomic mass is 10.1. The standard InChI is InChI=1S/C18H22N2O/c1-13(2)19-17(15-7-5-4-6-8-15)18(21)20-16-11-9-14(3)10-12-16/h4-13,17,19H,1-3H3,(H,20,21)/t17-/m0/s1. The molecular formula is C18H22N2O. The Morgan fingerprint density at radius 3 is 2.14 bits per heavy atom. The Morgan fingerprint density at radius 2 is 1.57 bits per heavy atom. The topological polar surface area (TPSA) is 41.1 Å². The molecule has 0 aromatic heterocycles. The number of anilines is 1.